The predicted molar refractivity (Wildman–Crippen MR) is 89.6 cm³/mol. The highest BCUT2D eigenvalue weighted by molar-refractivity contribution is 5.95. The third-order valence-electron chi connectivity index (χ3n) is 4.31. The first kappa shape index (κ1) is 17.4. The summed E-state index contributed by atoms with van der Waals surface area (Å²) in [4.78, 5) is 25.8. The second-order valence-electron chi connectivity index (χ2n) is 6.81. The van der Waals surface area contributed by atoms with E-state index in [1.165, 1.54) is 0 Å². The van der Waals surface area contributed by atoms with Crippen LogP contribution in [0.15, 0.2) is 30.3 Å². The fourth-order valence-corrected chi connectivity index (χ4v) is 2.81. The van der Waals surface area contributed by atoms with Gasteiger partial charge in [0.2, 0.25) is 5.91 Å². The van der Waals surface area contributed by atoms with Crippen LogP contribution >= 0.6 is 0 Å². The van der Waals surface area contributed by atoms with Crippen molar-refractivity contribution in [1.29, 1.82) is 0 Å². The number of urea groups is 1. The van der Waals surface area contributed by atoms with Crippen LogP contribution in [0.5, 0.6) is 0 Å². The second-order valence-corrected chi connectivity index (χ2v) is 6.81. The van der Waals surface area contributed by atoms with Crippen molar-refractivity contribution < 1.29 is 9.59 Å². The lowest BCUT2D eigenvalue weighted by molar-refractivity contribution is -0.122. The van der Waals surface area contributed by atoms with Crippen LogP contribution in [0.4, 0.5) is 4.79 Å². The summed E-state index contributed by atoms with van der Waals surface area (Å²) in [7, 11) is 0. The Hall–Kier alpha value is -1.92. The predicted octanol–water partition coefficient (Wildman–Crippen LogP) is 1.07. The lowest BCUT2D eigenvalue weighted by atomic mass is 9.80. The molecule has 23 heavy (non-hydrogen) atoms. The van der Waals surface area contributed by atoms with Crippen molar-refractivity contribution >= 4 is 11.9 Å². The van der Waals surface area contributed by atoms with Crippen molar-refractivity contribution in [2.45, 2.75) is 32.9 Å². The maximum atomic E-state index is 12.0. The van der Waals surface area contributed by atoms with Gasteiger partial charge in [0, 0.05) is 25.7 Å². The lowest BCUT2D eigenvalue weighted by Gasteiger charge is -2.42. The summed E-state index contributed by atoms with van der Waals surface area (Å²) in [5.74, 6) is -0.290. The topological polar surface area (TPSA) is 87.5 Å². The number of amides is 3. The van der Waals surface area contributed by atoms with E-state index >= 15 is 0 Å². The molecule has 1 aromatic carbocycles. The molecule has 1 unspecified atom stereocenters. The van der Waals surface area contributed by atoms with E-state index in [4.69, 9.17) is 5.73 Å². The maximum Gasteiger partial charge on any atom is 0.321 e. The highest BCUT2D eigenvalue weighted by Crippen LogP contribution is 2.27. The zero-order valence-corrected chi connectivity index (χ0v) is 13.8. The van der Waals surface area contributed by atoms with Gasteiger partial charge in [-0.2, -0.15) is 0 Å². The van der Waals surface area contributed by atoms with Crippen molar-refractivity contribution in [3.05, 3.63) is 35.9 Å². The van der Waals surface area contributed by atoms with Crippen LogP contribution in [0.3, 0.4) is 0 Å². The van der Waals surface area contributed by atoms with Gasteiger partial charge in [-0.1, -0.05) is 44.2 Å². The molecule has 0 radical (unpaired) electrons. The fraction of sp³-hybridized carbons (Fsp3) is 0.529. The number of carbonyl (C=O) groups excluding carboxylic acids is 2. The van der Waals surface area contributed by atoms with Gasteiger partial charge in [-0.15, -0.1) is 0 Å². The molecule has 0 bridgehead atoms. The quantitative estimate of drug-likeness (QED) is 0.775. The molecule has 0 spiro atoms. The zero-order chi connectivity index (χ0) is 16.9. The normalized spacial score (nSPS) is 20.7. The van der Waals surface area contributed by atoms with E-state index in [0.29, 0.717) is 6.54 Å². The monoisotopic (exact) mass is 318 g/mol. The number of nitrogens with one attached hydrogen (secondary N) is 2. The molecule has 1 aliphatic heterocycles. The third-order valence-corrected chi connectivity index (χ3v) is 4.31. The molecule has 1 heterocycles. The van der Waals surface area contributed by atoms with Crippen molar-refractivity contribution in [3.8, 4) is 0 Å². The van der Waals surface area contributed by atoms with E-state index in [1.54, 1.807) is 0 Å². The van der Waals surface area contributed by atoms with Gasteiger partial charge in [0.1, 0.15) is 0 Å². The first-order valence-electron chi connectivity index (χ1n) is 7.96. The highest BCUT2D eigenvalue weighted by atomic mass is 16.2. The molecule has 6 nitrogen and oxygen atoms in total. The Morgan fingerprint density at radius 3 is 2.65 bits per heavy atom. The minimum absolute atomic E-state index is 0.0197. The van der Waals surface area contributed by atoms with Crippen LogP contribution in [-0.2, 0) is 11.3 Å². The summed E-state index contributed by atoms with van der Waals surface area (Å²) in [6.45, 7) is 6.36. The zero-order valence-electron chi connectivity index (χ0n) is 13.8. The smallest absolute Gasteiger partial charge is 0.321 e. The van der Waals surface area contributed by atoms with Crippen LogP contribution in [0.2, 0.25) is 0 Å². The number of nitrogens with zero attached hydrogens (tertiary/aromatic N) is 1. The average Bonchev–Trinajstić information content (AvgIpc) is 2.49. The number of imide groups is 1. The summed E-state index contributed by atoms with van der Waals surface area (Å²) in [5.41, 5.74) is 7.06. The molecule has 126 valence electrons. The van der Waals surface area contributed by atoms with Crippen molar-refractivity contribution in [2.75, 3.05) is 19.6 Å². The fourth-order valence-electron chi connectivity index (χ4n) is 2.81. The van der Waals surface area contributed by atoms with Crippen LogP contribution in [0.1, 0.15) is 25.8 Å². The molecule has 1 saturated heterocycles. The molecule has 0 saturated carbocycles. The number of carbonyl (C=O) groups is 2. The summed E-state index contributed by atoms with van der Waals surface area (Å²) in [6.07, 6.45) is 0.862. The Morgan fingerprint density at radius 2 is 2.00 bits per heavy atom. The molecule has 0 aromatic heterocycles. The molecule has 0 aliphatic carbocycles. The first-order chi connectivity index (χ1) is 10.9. The van der Waals surface area contributed by atoms with Gasteiger partial charge in [-0.05, 0) is 17.4 Å². The van der Waals surface area contributed by atoms with Gasteiger partial charge in [0.15, 0.2) is 0 Å². The number of benzene rings is 1. The molecule has 1 fully saturated rings. The van der Waals surface area contributed by atoms with E-state index in [-0.39, 0.29) is 23.9 Å². The molecular weight excluding hydrogens is 292 g/mol. The maximum absolute atomic E-state index is 12.0. The largest absolute Gasteiger partial charge is 0.334 e. The van der Waals surface area contributed by atoms with E-state index in [0.717, 1.165) is 25.1 Å². The van der Waals surface area contributed by atoms with E-state index < -0.39 is 6.03 Å². The highest BCUT2D eigenvalue weighted by Gasteiger charge is 2.33. The Labute approximate surface area is 137 Å². The minimum atomic E-state index is -0.466. The van der Waals surface area contributed by atoms with Crippen molar-refractivity contribution in [3.63, 3.8) is 0 Å². The molecule has 2 rings (SSSR count). The summed E-state index contributed by atoms with van der Waals surface area (Å²) in [5, 5.41) is 5.06. The van der Waals surface area contributed by atoms with Gasteiger partial charge in [0.25, 0.3) is 0 Å². The second kappa shape index (κ2) is 7.57. The van der Waals surface area contributed by atoms with Crippen LogP contribution < -0.4 is 16.4 Å². The SMILES string of the molecule is CC1(C)CN(CC(=O)NC(=O)NCc2ccccc2)CCC1N. The number of likely N-dealkylation sites (tertiary alicyclic amines) is 1. The Balaban J connectivity index is 1.73. The first-order valence-corrected chi connectivity index (χ1v) is 7.96. The average molecular weight is 318 g/mol. The third kappa shape index (κ3) is 5.33. The molecule has 6 heteroatoms. The van der Waals surface area contributed by atoms with Gasteiger partial charge in [-0.25, -0.2) is 4.79 Å². The summed E-state index contributed by atoms with van der Waals surface area (Å²) < 4.78 is 0. The Morgan fingerprint density at radius 1 is 1.30 bits per heavy atom. The Bertz CT molecular complexity index is 545. The van der Waals surface area contributed by atoms with Gasteiger partial charge >= 0.3 is 6.03 Å². The van der Waals surface area contributed by atoms with Gasteiger partial charge in [0.05, 0.1) is 6.54 Å². The lowest BCUT2D eigenvalue weighted by Crippen LogP contribution is -2.54. The summed E-state index contributed by atoms with van der Waals surface area (Å²) in [6, 6.07) is 9.25. The Kier molecular flexibility index (Phi) is 5.74. The number of hydrogen-bond donors (Lipinski definition) is 3. The van der Waals surface area contributed by atoms with E-state index in [2.05, 4.69) is 24.5 Å². The molecular formula is C17H26N4O2. The van der Waals surface area contributed by atoms with Crippen LogP contribution in [0, 0.1) is 5.41 Å². The number of nitrogens with two attached hydrogens (primary N) is 1. The van der Waals surface area contributed by atoms with E-state index in [1.807, 2.05) is 35.2 Å². The molecule has 1 aromatic rings. The number of hydrogen-bond acceptors (Lipinski definition) is 4. The van der Waals surface area contributed by atoms with Gasteiger partial charge in [-0.3, -0.25) is 15.0 Å². The van der Waals surface area contributed by atoms with Crippen LogP contribution in [-0.4, -0.2) is 42.5 Å². The van der Waals surface area contributed by atoms with Crippen LogP contribution in [0.25, 0.3) is 0 Å². The molecule has 3 amide bonds. The molecule has 4 N–H and O–H groups in total. The van der Waals surface area contributed by atoms with Gasteiger partial charge < -0.3 is 11.1 Å². The number of piperidine rings is 1. The van der Waals surface area contributed by atoms with Crippen molar-refractivity contribution in [2.24, 2.45) is 11.1 Å². The molecule has 1 aliphatic rings. The minimum Gasteiger partial charge on any atom is -0.334 e. The van der Waals surface area contributed by atoms with E-state index in [9.17, 15) is 9.59 Å². The van der Waals surface area contributed by atoms with Crippen molar-refractivity contribution in [1.82, 2.24) is 15.5 Å². The standard InChI is InChI=1S/C17H26N4O2/c1-17(2)12-21(9-8-14(17)18)11-15(22)20-16(23)19-10-13-6-4-3-5-7-13/h3-7,14H,8-12,18H2,1-2H3,(H2,19,20,22,23). The molecule has 1 atom stereocenters. The number of rotatable bonds is 4. The summed E-state index contributed by atoms with van der Waals surface area (Å²) >= 11 is 0.